The highest BCUT2D eigenvalue weighted by molar-refractivity contribution is 6.15. The largest absolute Gasteiger partial charge is 0.350 e. The molecule has 0 aliphatic rings. The van der Waals surface area contributed by atoms with Gasteiger partial charge in [0.05, 0.1) is 0 Å². The van der Waals surface area contributed by atoms with Crippen molar-refractivity contribution < 1.29 is 9.08 Å². The first-order valence-corrected chi connectivity index (χ1v) is 2.07. The van der Waals surface area contributed by atoms with Crippen molar-refractivity contribution in [1.29, 1.82) is 0 Å². The Morgan fingerprint density at radius 3 is 1.83 bits per heavy atom. The molecule has 0 radical (unpaired) electrons. The van der Waals surface area contributed by atoms with Gasteiger partial charge in [0.25, 0.3) is 0 Å². The Labute approximate surface area is 46.2 Å². The molecule has 0 aromatic rings. The van der Waals surface area contributed by atoms with Gasteiger partial charge >= 0.3 is 6.47 Å². The van der Waals surface area contributed by atoms with E-state index in [1.165, 1.54) is 6.38 Å². The van der Waals surface area contributed by atoms with Gasteiger partial charge in [-0.2, -0.15) is 0 Å². The van der Waals surface area contributed by atoms with Crippen molar-refractivity contribution in [3.63, 3.8) is 0 Å². The van der Waals surface area contributed by atoms with Gasteiger partial charge in [-0.05, 0) is 0 Å². The van der Waals surface area contributed by atoms with E-state index in [2.05, 4.69) is 27.8 Å². The molecule has 4 heteroatoms. The van der Waals surface area contributed by atoms with Crippen LogP contribution in [0.5, 0.6) is 0 Å². The third-order valence-corrected chi connectivity index (χ3v) is 0.109. The Hall–Kier alpha value is 0.0500. The minimum atomic E-state index is 0.140. The predicted octanol–water partition coefficient (Wildman–Crippen LogP) is 1.17. The lowest BCUT2D eigenvalue weighted by Gasteiger charge is -1.59. The fourth-order valence-electron chi connectivity index (χ4n) is 0. The first-order valence-electron chi connectivity index (χ1n) is 1.00. The molecule has 0 fully saturated rings. The van der Waals surface area contributed by atoms with Gasteiger partial charge in [0, 0.05) is 6.38 Å². The van der Waals surface area contributed by atoms with E-state index in [0.29, 0.717) is 0 Å². The number of hydrogen-bond acceptors (Lipinski definition) is 2. The maximum Gasteiger partial charge on any atom is 0.312 e. The summed E-state index contributed by atoms with van der Waals surface area (Å²) in [5.74, 6) is 0. The Morgan fingerprint density at radius 1 is 1.67 bits per heavy atom. The Balaban J connectivity index is 0. The van der Waals surface area contributed by atoms with Crippen molar-refractivity contribution in [2.45, 2.75) is 0 Å². The highest BCUT2D eigenvalue weighted by Gasteiger charge is 1.50. The lowest BCUT2D eigenvalue weighted by molar-refractivity contribution is -0.120. The van der Waals surface area contributed by atoms with Crippen LogP contribution in [0.25, 0.3) is 0 Å². The molecule has 0 N–H and O–H groups in total. The molecule has 0 saturated carbocycles. The second-order valence-electron chi connectivity index (χ2n) is 0.185. The number of alkyl halides is 1. The van der Waals surface area contributed by atoms with Crippen LogP contribution in [-0.2, 0) is 9.08 Å². The van der Waals surface area contributed by atoms with Crippen molar-refractivity contribution in [3.8, 4) is 0 Å². The highest BCUT2D eigenvalue weighted by atomic mass is 35.5. The fraction of sp³-hybridized carbons (Fsp3) is 0.500. The van der Waals surface area contributed by atoms with Gasteiger partial charge in [-0.25, -0.2) is 0 Å². The van der Waals surface area contributed by atoms with E-state index in [-0.39, 0.29) is 6.47 Å². The Kier molecular flexibility index (Phi) is 30.9. The molecule has 0 atom stereocenters. The Bertz CT molecular complexity index is 23.5. The standard InChI is InChI=1S/CHClO2.CH3Cl/c2-4-1-3;1-2/h1H;1H3. The molecule has 0 amide bonds. The molecule has 0 aromatic carbocycles. The highest BCUT2D eigenvalue weighted by Crippen LogP contribution is 1.62. The average Bonchev–Trinajstić information content (AvgIpc) is 1.72. The molecule has 2 nitrogen and oxygen atoms in total. The minimum absolute atomic E-state index is 0.140. The summed E-state index contributed by atoms with van der Waals surface area (Å²) in [5.41, 5.74) is 0. The average molecular weight is 131 g/mol. The zero-order valence-electron chi connectivity index (χ0n) is 3.15. The van der Waals surface area contributed by atoms with E-state index in [1.54, 1.807) is 0 Å². The second-order valence-corrected chi connectivity index (χ2v) is 0.363. The molecule has 38 valence electrons. The number of carbonyl (C=O) groups excluding carboxylic acids is 1. The van der Waals surface area contributed by atoms with Crippen LogP contribution in [0.4, 0.5) is 0 Å². The number of carbonyl (C=O) groups is 1. The minimum Gasteiger partial charge on any atom is -0.350 e. The SMILES string of the molecule is CCl.O=COCl. The summed E-state index contributed by atoms with van der Waals surface area (Å²) >= 11 is 8.96. The van der Waals surface area contributed by atoms with Crippen molar-refractivity contribution in [3.05, 3.63) is 0 Å². The van der Waals surface area contributed by atoms with E-state index in [0.717, 1.165) is 0 Å². The Morgan fingerprint density at radius 2 is 1.83 bits per heavy atom. The summed E-state index contributed by atoms with van der Waals surface area (Å²) in [7, 11) is 0. The molecule has 6 heavy (non-hydrogen) atoms. The topological polar surface area (TPSA) is 26.3 Å². The van der Waals surface area contributed by atoms with Gasteiger partial charge in [0.2, 0.25) is 0 Å². The maximum atomic E-state index is 8.82. The summed E-state index contributed by atoms with van der Waals surface area (Å²) in [6, 6.07) is 0. The fourth-order valence-corrected chi connectivity index (χ4v) is 0. The normalized spacial score (nSPS) is 4.50. The summed E-state index contributed by atoms with van der Waals surface area (Å²) in [5, 5.41) is 0. The summed E-state index contributed by atoms with van der Waals surface area (Å²) in [6.45, 7) is 0.140. The second kappa shape index (κ2) is 19.7. The number of hydrogen-bond donors (Lipinski definition) is 0. The van der Waals surface area contributed by atoms with Gasteiger partial charge in [0.15, 0.2) is 0 Å². The third-order valence-electron chi connectivity index (χ3n) is 0.0364. The number of rotatable bonds is 1. The molecule has 0 heterocycles. The zero-order valence-corrected chi connectivity index (χ0v) is 4.66. The van der Waals surface area contributed by atoms with Gasteiger partial charge in [0.1, 0.15) is 11.9 Å². The zero-order chi connectivity index (χ0) is 5.41. The van der Waals surface area contributed by atoms with Crippen LogP contribution in [0, 0.1) is 0 Å². The summed E-state index contributed by atoms with van der Waals surface area (Å²) < 4.78 is 3.33. The van der Waals surface area contributed by atoms with E-state index >= 15 is 0 Å². The summed E-state index contributed by atoms with van der Waals surface area (Å²) in [4.78, 5) is 8.82. The van der Waals surface area contributed by atoms with Crippen LogP contribution < -0.4 is 0 Å². The van der Waals surface area contributed by atoms with Gasteiger partial charge in [-0.1, -0.05) is 0 Å². The van der Waals surface area contributed by atoms with E-state index in [9.17, 15) is 0 Å². The van der Waals surface area contributed by atoms with Gasteiger partial charge in [-0.3, -0.25) is 4.79 Å². The van der Waals surface area contributed by atoms with E-state index < -0.39 is 0 Å². The number of halogens is 2. The molecule has 0 aliphatic heterocycles. The molecule has 0 aromatic heterocycles. The molecular formula is C2H4Cl2O2. The van der Waals surface area contributed by atoms with E-state index in [4.69, 9.17) is 4.79 Å². The van der Waals surface area contributed by atoms with Crippen molar-refractivity contribution in [1.82, 2.24) is 0 Å². The first-order chi connectivity index (χ1) is 2.91. The molecule has 0 rings (SSSR count). The quantitative estimate of drug-likeness (QED) is 0.394. The van der Waals surface area contributed by atoms with Crippen LogP contribution in [0.2, 0.25) is 0 Å². The van der Waals surface area contributed by atoms with Crippen molar-refractivity contribution in [2.24, 2.45) is 0 Å². The van der Waals surface area contributed by atoms with Crippen LogP contribution in [-0.4, -0.2) is 12.9 Å². The summed E-state index contributed by atoms with van der Waals surface area (Å²) in [6.07, 6.45) is 1.47. The van der Waals surface area contributed by atoms with E-state index in [1.807, 2.05) is 0 Å². The lowest BCUT2D eigenvalue weighted by Crippen LogP contribution is -1.57. The molecule has 0 spiro atoms. The lowest BCUT2D eigenvalue weighted by atomic mass is 11.7. The molecule has 0 saturated heterocycles. The van der Waals surface area contributed by atoms with Crippen LogP contribution >= 0.6 is 23.5 Å². The van der Waals surface area contributed by atoms with Gasteiger partial charge < -0.3 is 4.29 Å². The van der Waals surface area contributed by atoms with Crippen LogP contribution in [0.1, 0.15) is 0 Å². The molecular weight excluding hydrogens is 127 g/mol. The van der Waals surface area contributed by atoms with Crippen LogP contribution in [0.3, 0.4) is 0 Å². The maximum absolute atomic E-state index is 8.82. The predicted molar refractivity (Wildman–Crippen MR) is 24.8 cm³/mol. The van der Waals surface area contributed by atoms with Gasteiger partial charge in [-0.15, -0.1) is 11.6 Å². The molecule has 0 unspecified atom stereocenters. The smallest absolute Gasteiger partial charge is 0.312 e. The monoisotopic (exact) mass is 130 g/mol. The first kappa shape index (κ1) is 9.41. The molecule has 0 bridgehead atoms. The third kappa shape index (κ3) is 34.2. The van der Waals surface area contributed by atoms with Crippen LogP contribution in [0.15, 0.2) is 0 Å². The molecule has 0 aliphatic carbocycles. The van der Waals surface area contributed by atoms with Crippen molar-refractivity contribution >= 4 is 29.9 Å². The van der Waals surface area contributed by atoms with Crippen molar-refractivity contribution in [2.75, 3.05) is 6.38 Å².